The molecular weight excluding hydrogens is 3490 g/mol. The molecule has 112 heavy (non-hydrogen) atoms. The third-order valence-corrected chi connectivity index (χ3v) is 797. The molecule has 0 fully saturated rings. The van der Waals surface area contributed by atoms with Gasteiger partial charge in [-0.2, -0.15) is 0 Å². The van der Waals surface area contributed by atoms with Crippen molar-refractivity contribution in [1.29, 1.82) is 0 Å². The van der Waals surface area contributed by atoms with Crippen molar-refractivity contribution in [2.45, 2.75) is 0 Å². The Labute approximate surface area is 888 Å². The second-order valence-electron chi connectivity index (χ2n) is 17.8. The van der Waals surface area contributed by atoms with Crippen LogP contribution in [-0.2, 0) is 18.6 Å². The van der Waals surface area contributed by atoms with Crippen LogP contribution >= 0.6 is 885 Å². The first-order chi connectivity index (χ1) is 50.5. The molecule has 112 heteroatoms. The van der Waals surface area contributed by atoms with Gasteiger partial charge in [-0.1, -0.05) is 0 Å². The fraction of sp³-hybridized carbons (Fsp3) is 0. The molecule has 0 spiro atoms. The van der Waals surface area contributed by atoms with E-state index in [1.165, 1.54) is 0 Å². The first-order valence-electron chi connectivity index (χ1n) is 25.3. The van der Waals surface area contributed by atoms with Gasteiger partial charge in [0.05, 0.1) is 0 Å². The van der Waals surface area contributed by atoms with Crippen LogP contribution in [0.4, 0.5) is 0 Å². The molecule has 673 valence electrons. The normalized spacial score (nSPS) is 15.0. The summed E-state index contributed by atoms with van der Waals surface area (Å²) in [4.78, 5) is 0. The summed E-state index contributed by atoms with van der Waals surface area (Å²) in [6.07, 6.45) is 0. The minimum absolute atomic E-state index is 0. The first-order valence-corrected chi connectivity index (χ1v) is 228. The molecule has 58 atom stereocenters. The number of hydrogen-bond acceptors (Lipinski definition) is 0. The fourth-order valence-corrected chi connectivity index (χ4v) is 1660. The Morgan fingerprint density at radius 1 is 0.0804 bits per heavy atom. The summed E-state index contributed by atoms with van der Waals surface area (Å²) in [6, 6.07) is 0. The quantitative estimate of drug-likeness (QED) is 0.0533. The number of rotatable bonds is 54. The van der Waals surface area contributed by atoms with Crippen molar-refractivity contribution in [3.63, 3.8) is 0 Å². The summed E-state index contributed by atoms with van der Waals surface area (Å²) in [5.74, 6) is 0. The zero-order valence-electron chi connectivity index (χ0n) is 57.4. The minimum atomic E-state index is -0.644. The molecule has 0 N–H and O–H groups in total. The maximum Gasteiger partial charge on any atom is 0 e. The molecule has 0 saturated carbocycles. The molecule has 0 aliphatic heterocycles. The number of hydrogen-bond donors (Lipinski definition) is 0. The van der Waals surface area contributed by atoms with E-state index < -0.39 is 377 Å². The molecule has 0 aliphatic carbocycles. The van der Waals surface area contributed by atoms with E-state index in [4.69, 9.17) is 0 Å². The maximum atomic E-state index is 3.83. The van der Waals surface area contributed by atoms with E-state index >= 15 is 0 Å². The topological polar surface area (TPSA) is 0 Å². The largest absolute Gasteiger partial charge is 0.102 e. The third kappa shape index (κ3) is 57.8. The van der Waals surface area contributed by atoms with E-state index in [0.29, 0.717) is 0 Å². The summed E-state index contributed by atoms with van der Waals surface area (Å²) in [6.45, 7) is -24.4. The van der Waals surface area contributed by atoms with E-state index in [1.54, 1.807) is 0 Å². The summed E-state index contributed by atoms with van der Waals surface area (Å²) in [5.41, 5.74) is 0. The Morgan fingerprint density at radius 2 is 0.134 bits per heavy atom. The van der Waals surface area contributed by atoms with Gasteiger partial charge in [0.15, 0.2) is 0 Å². The van der Waals surface area contributed by atoms with Crippen molar-refractivity contribution in [1.82, 2.24) is 0 Å². The Kier molecular flexibility index (Phi) is 130. The maximum absolute atomic E-state index is 3.83. The molecule has 0 aliphatic rings. The van der Waals surface area contributed by atoms with Crippen LogP contribution in [-0.4, -0.2) is 0 Å². The molecular formula is H113P111V. The SMILES string of the molecule is PP(P)P(P(P)P)P(P(PP(P(P(P(P(P)P)P(P)P)P(P(P)P)P(P)P)P(P(P(P)P)P(P)P)P(P(P)P)P(P)P)P(P(P(P(P)P)P(P)P)P(P(P)P)P(P)P)P(P(P(P)P)P(P)P)P(P(P)P)P(P)P)P(P(P(P(P)P)P(P)P)P(P(P)P)P(P)P)P(P(P(P)P)P(P)P)P(P(P)P)P(P)P)P(P(P)P)P(P)P.[V]. The zero-order valence-corrected chi connectivity index (χ0v) is 173. The Hall–Kier alpha value is 48.3. The van der Waals surface area contributed by atoms with Crippen LogP contribution in [0.3, 0.4) is 0 Å². The average molecular weight is 3600 g/mol. The molecule has 1 radical (unpaired) electrons. The summed E-state index contributed by atoms with van der Waals surface area (Å²) < 4.78 is 0. The van der Waals surface area contributed by atoms with Gasteiger partial charge in [-0.05, 0) is 385 Å². The predicted octanol–water partition coefficient (Wildman–Crippen LogP) is 65.3. The van der Waals surface area contributed by atoms with Gasteiger partial charge in [0.1, 0.15) is 0 Å². The summed E-state index contributed by atoms with van der Waals surface area (Å²) in [5, 5.41) is 0. The van der Waals surface area contributed by atoms with Crippen LogP contribution in [0.1, 0.15) is 0 Å². The van der Waals surface area contributed by atoms with Crippen molar-refractivity contribution >= 4 is 885 Å². The van der Waals surface area contributed by atoms with Crippen LogP contribution < -0.4 is 0 Å². The average Bonchev–Trinajstić information content (AvgIpc) is 3.46. The van der Waals surface area contributed by atoms with E-state index in [0.717, 1.165) is 7.96 Å². The molecule has 0 heterocycles. The van der Waals surface area contributed by atoms with Crippen molar-refractivity contribution in [2.24, 2.45) is 0 Å². The van der Waals surface area contributed by atoms with Crippen LogP contribution in [0, 0.1) is 0 Å². The van der Waals surface area contributed by atoms with Gasteiger partial charge in [-0.15, -0.1) is 500 Å². The van der Waals surface area contributed by atoms with E-state index in [2.05, 4.69) is 500 Å². The second kappa shape index (κ2) is 89.4. The van der Waals surface area contributed by atoms with Crippen molar-refractivity contribution in [3.8, 4) is 0 Å². The van der Waals surface area contributed by atoms with Crippen LogP contribution in [0.2, 0.25) is 0 Å². The van der Waals surface area contributed by atoms with Crippen LogP contribution in [0.25, 0.3) is 0 Å². The van der Waals surface area contributed by atoms with Gasteiger partial charge in [0.2, 0.25) is 0 Å². The van der Waals surface area contributed by atoms with Gasteiger partial charge in [-0.3, -0.25) is 0 Å². The van der Waals surface area contributed by atoms with Gasteiger partial charge in [0.25, 0.3) is 0 Å². The standard InChI is InChI=1S/H113P111.V/c1-58(2)88(59(3)4)102(89(60(5)6)61(7)8)86(103(106(90(62(9)10)63(11)12)91(64(13)14)65(15)16)107(92(66(17)18)67(19)20)93(68(21)22)69(23)24)57-87(104(108(94(70(25)26)71(27)28)95(72(29)30)73(31)32)109(96(74(33)34)75(35)36)97(76(37)38)77(39)40)105(110(98(78(41)42)79(43)44)99(80(45)46)81(47)48)111(100(82(49)50)83(51)52)101(84(53)54)85(55)56;/h57H,1-56H2;. The van der Waals surface area contributed by atoms with Gasteiger partial charge < -0.3 is 0 Å². The summed E-state index contributed by atoms with van der Waals surface area (Å²) in [7, 11) is 214. The van der Waals surface area contributed by atoms with E-state index in [9.17, 15) is 0 Å². The van der Waals surface area contributed by atoms with Crippen LogP contribution in [0.5, 0.6) is 0 Å². The van der Waals surface area contributed by atoms with Crippen molar-refractivity contribution in [2.75, 3.05) is 0 Å². The summed E-state index contributed by atoms with van der Waals surface area (Å²) >= 11 is 0. The molecule has 0 amide bonds. The molecule has 0 aromatic rings. The first kappa shape index (κ1) is 162. The van der Waals surface area contributed by atoms with Gasteiger partial charge in [-0.25, -0.2) is 0 Å². The molecule has 0 rings (SSSR count). The second-order valence-corrected chi connectivity index (χ2v) is 479. The molecule has 0 aromatic carbocycles. The smallest absolute Gasteiger partial charge is 0 e. The van der Waals surface area contributed by atoms with Crippen LogP contribution in [0.15, 0.2) is 0 Å². The predicted molar refractivity (Wildman–Crippen MR) is 926 cm³/mol. The van der Waals surface area contributed by atoms with Gasteiger partial charge in [0, 0.05) is 18.6 Å². The minimum Gasteiger partial charge on any atom is -0.102 e. The Balaban J connectivity index is 0. The van der Waals surface area contributed by atoms with Gasteiger partial charge >= 0.3 is 0 Å². The third-order valence-electron chi connectivity index (χ3n) is 9.84. The van der Waals surface area contributed by atoms with E-state index in [-0.39, 0.29) is 18.6 Å². The Morgan fingerprint density at radius 3 is 0.196 bits per heavy atom. The fourth-order valence-electron chi connectivity index (χ4n) is 6.82. The Bertz CT molecular complexity index is 1870. The van der Waals surface area contributed by atoms with Crippen molar-refractivity contribution < 1.29 is 18.6 Å². The van der Waals surface area contributed by atoms with Crippen molar-refractivity contribution in [3.05, 3.63) is 0 Å². The zero-order chi connectivity index (χ0) is 87.9. The molecule has 0 nitrogen and oxygen atoms in total. The molecule has 0 aromatic heterocycles. The van der Waals surface area contributed by atoms with E-state index in [1.807, 2.05) is 0 Å². The molecule has 58 unspecified atom stereocenters. The molecule has 0 saturated heterocycles. The monoisotopic (exact) mass is 3600 g/mol. The molecule has 0 bridgehead atoms.